The van der Waals surface area contributed by atoms with Crippen LogP contribution in [0.1, 0.15) is 23.8 Å². The monoisotopic (exact) mass is 264 g/mol. The second kappa shape index (κ2) is 4.83. The Morgan fingerprint density at radius 2 is 2.16 bits per heavy atom. The Hall–Kier alpha value is -2.18. The van der Waals surface area contributed by atoms with E-state index in [0.717, 1.165) is 0 Å². The van der Waals surface area contributed by atoms with Gasteiger partial charge in [-0.1, -0.05) is 0 Å². The van der Waals surface area contributed by atoms with Gasteiger partial charge in [0.05, 0.1) is 5.41 Å². The van der Waals surface area contributed by atoms with E-state index in [1.54, 1.807) is 19.1 Å². The summed E-state index contributed by atoms with van der Waals surface area (Å²) >= 11 is 0. The van der Waals surface area contributed by atoms with Crippen LogP contribution in [0.15, 0.2) is 12.1 Å². The second-order valence-electron chi connectivity index (χ2n) is 4.89. The van der Waals surface area contributed by atoms with Crippen LogP contribution in [-0.2, 0) is 4.79 Å². The van der Waals surface area contributed by atoms with Crippen molar-refractivity contribution in [3.8, 4) is 0 Å². The molecule has 7 heteroatoms. The highest BCUT2D eigenvalue weighted by molar-refractivity contribution is 5.91. The molecule has 1 saturated heterocycles. The minimum Gasteiger partial charge on any atom is -0.481 e. The first-order valence-corrected chi connectivity index (χ1v) is 6.00. The quantitative estimate of drug-likeness (QED) is 0.806. The summed E-state index contributed by atoms with van der Waals surface area (Å²) in [6.07, 6.45) is 0.571. The van der Waals surface area contributed by atoms with E-state index in [1.807, 2.05) is 4.90 Å². The lowest BCUT2D eigenvalue weighted by Crippen LogP contribution is -2.32. The number of carbonyl (C=O) groups is 2. The van der Waals surface area contributed by atoms with Crippen LogP contribution in [0, 0.1) is 5.41 Å². The number of anilines is 1. The number of aliphatic carboxylic acids is 1. The topological polar surface area (TPSA) is 95.4 Å². The van der Waals surface area contributed by atoms with Crippen molar-refractivity contribution in [2.45, 2.75) is 13.3 Å². The van der Waals surface area contributed by atoms with Crippen molar-refractivity contribution in [3.63, 3.8) is 0 Å². The van der Waals surface area contributed by atoms with Crippen molar-refractivity contribution in [1.82, 2.24) is 15.5 Å². The van der Waals surface area contributed by atoms with Crippen LogP contribution < -0.4 is 10.2 Å². The Labute approximate surface area is 110 Å². The zero-order valence-electron chi connectivity index (χ0n) is 10.9. The first kappa shape index (κ1) is 13.3. The first-order valence-electron chi connectivity index (χ1n) is 6.00. The number of amides is 1. The molecule has 0 aliphatic carbocycles. The van der Waals surface area contributed by atoms with Gasteiger partial charge in [0.15, 0.2) is 11.5 Å². The molecule has 7 nitrogen and oxygen atoms in total. The fourth-order valence-corrected chi connectivity index (χ4v) is 2.07. The number of carboxylic acid groups (broad SMARTS) is 1. The highest BCUT2D eigenvalue weighted by Gasteiger charge is 2.40. The molecule has 0 radical (unpaired) electrons. The van der Waals surface area contributed by atoms with E-state index in [1.165, 1.54) is 7.05 Å². The summed E-state index contributed by atoms with van der Waals surface area (Å²) in [6, 6.07) is 3.27. The number of nitrogens with zero attached hydrogens (tertiary/aromatic N) is 3. The van der Waals surface area contributed by atoms with Gasteiger partial charge in [0.2, 0.25) is 0 Å². The van der Waals surface area contributed by atoms with Gasteiger partial charge in [-0.2, -0.15) is 0 Å². The number of rotatable bonds is 3. The molecule has 1 aromatic rings. The maximum atomic E-state index is 11.3. The van der Waals surface area contributed by atoms with Crippen molar-refractivity contribution in [3.05, 3.63) is 17.8 Å². The predicted molar refractivity (Wildman–Crippen MR) is 68.0 cm³/mol. The highest BCUT2D eigenvalue weighted by atomic mass is 16.4. The summed E-state index contributed by atoms with van der Waals surface area (Å²) in [6.45, 7) is 2.74. The van der Waals surface area contributed by atoms with E-state index in [0.29, 0.717) is 25.3 Å². The maximum absolute atomic E-state index is 11.3. The molecule has 1 aliphatic heterocycles. The zero-order chi connectivity index (χ0) is 14.0. The van der Waals surface area contributed by atoms with E-state index < -0.39 is 11.4 Å². The summed E-state index contributed by atoms with van der Waals surface area (Å²) in [7, 11) is 1.52. The molecule has 2 N–H and O–H groups in total. The number of carboxylic acids is 1. The third-order valence-corrected chi connectivity index (χ3v) is 3.42. The van der Waals surface area contributed by atoms with Gasteiger partial charge in [-0.05, 0) is 25.5 Å². The molecule has 1 atom stereocenters. The van der Waals surface area contributed by atoms with Gasteiger partial charge in [-0.15, -0.1) is 10.2 Å². The summed E-state index contributed by atoms with van der Waals surface area (Å²) in [5, 5.41) is 19.4. The summed E-state index contributed by atoms with van der Waals surface area (Å²) in [5.74, 6) is -0.501. The molecule has 2 rings (SSSR count). The molecule has 0 bridgehead atoms. The minimum atomic E-state index is -0.801. The molecular weight excluding hydrogens is 248 g/mol. The van der Waals surface area contributed by atoms with Crippen LogP contribution >= 0.6 is 0 Å². The second-order valence-corrected chi connectivity index (χ2v) is 4.89. The van der Waals surface area contributed by atoms with Gasteiger partial charge in [-0.3, -0.25) is 9.59 Å². The Morgan fingerprint density at radius 3 is 2.63 bits per heavy atom. The van der Waals surface area contributed by atoms with E-state index in [9.17, 15) is 14.7 Å². The van der Waals surface area contributed by atoms with Gasteiger partial charge in [0.1, 0.15) is 0 Å². The summed E-state index contributed by atoms with van der Waals surface area (Å²) in [4.78, 5) is 24.4. The van der Waals surface area contributed by atoms with E-state index >= 15 is 0 Å². The van der Waals surface area contributed by atoms with Gasteiger partial charge in [0, 0.05) is 20.1 Å². The third kappa shape index (κ3) is 2.49. The van der Waals surface area contributed by atoms with Gasteiger partial charge in [0.25, 0.3) is 5.91 Å². The van der Waals surface area contributed by atoms with Crippen molar-refractivity contribution >= 4 is 17.7 Å². The average molecular weight is 264 g/mol. The Bertz CT molecular complexity index is 502. The molecular formula is C12H16N4O3. The van der Waals surface area contributed by atoms with Crippen LogP contribution in [0.25, 0.3) is 0 Å². The third-order valence-electron chi connectivity index (χ3n) is 3.42. The normalized spacial score (nSPS) is 22.3. The van der Waals surface area contributed by atoms with E-state index in [4.69, 9.17) is 0 Å². The first-order chi connectivity index (χ1) is 8.96. The largest absolute Gasteiger partial charge is 0.481 e. The van der Waals surface area contributed by atoms with Crippen LogP contribution in [0.5, 0.6) is 0 Å². The van der Waals surface area contributed by atoms with E-state index in [2.05, 4.69) is 15.5 Å². The van der Waals surface area contributed by atoms with Gasteiger partial charge < -0.3 is 15.3 Å². The molecule has 1 amide bonds. The number of hydrogen-bond acceptors (Lipinski definition) is 5. The molecule has 102 valence electrons. The summed E-state index contributed by atoms with van der Waals surface area (Å²) < 4.78 is 0. The zero-order valence-corrected chi connectivity index (χ0v) is 10.9. The lowest BCUT2D eigenvalue weighted by atomic mass is 9.90. The number of nitrogens with one attached hydrogen (secondary N) is 1. The molecule has 1 aliphatic rings. The highest BCUT2D eigenvalue weighted by Crippen LogP contribution is 2.32. The Morgan fingerprint density at radius 1 is 1.42 bits per heavy atom. The molecule has 1 unspecified atom stereocenters. The fraction of sp³-hybridized carbons (Fsp3) is 0.500. The van der Waals surface area contributed by atoms with E-state index in [-0.39, 0.29) is 11.6 Å². The molecule has 19 heavy (non-hydrogen) atoms. The Balaban J connectivity index is 2.12. The SMILES string of the molecule is CNC(=O)c1ccc(N2CCC(C)(C(=O)O)C2)nn1. The van der Waals surface area contributed by atoms with Crippen LogP contribution in [0.4, 0.5) is 5.82 Å². The number of carbonyl (C=O) groups excluding carboxylic acids is 1. The minimum absolute atomic E-state index is 0.242. The lowest BCUT2D eigenvalue weighted by molar-refractivity contribution is -0.146. The molecule has 2 heterocycles. The predicted octanol–water partition coefficient (Wildman–Crippen LogP) is 0.137. The van der Waals surface area contributed by atoms with Gasteiger partial charge in [-0.25, -0.2) is 0 Å². The molecule has 1 fully saturated rings. The summed E-state index contributed by atoms with van der Waals surface area (Å²) in [5.41, 5.74) is -0.507. The smallest absolute Gasteiger partial charge is 0.311 e. The molecule has 0 spiro atoms. The average Bonchev–Trinajstić information content (AvgIpc) is 2.82. The molecule has 0 aromatic carbocycles. The Kier molecular flexibility index (Phi) is 3.37. The van der Waals surface area contributed by atoms with Crippen LogP contribution in [0.2, 0.25) is 0 Å². The maximum Gasteiger partial charge on any atom is 0.311 e. The van der Waals surface area contributed by atoms with Crippen molar-refractivity contribution in [1.29, 1.82) is 0 Å². The van der Waals surface area contributed by atoms with Gasteiger partial charge >= 0.3 is 5.97 Å². The molecule has 0 saturated carbocycles. The standard InChI is InChI=1S/C12H16N4O3/c1-12(11(18)19)5-6-16(7-12)9-4-3-8(14-15-9)10(17)13-2/h3-4H,5-7H2,1-2H3,(H,13,17)(H,18,19). The number of aromatic nitrogens is 2. The lowest BCUT2D eigenvalue weighted by Gasteiger charge is -2.20. The van der Waals surface area contributed by atoms with Crippen molar-refractivity contribution < 1.29 is 14.7 Å². The van der Waals surface area contributed by atoms with Crippen LogP contribution in [-0.4, -0.2) is 47.3 Å². The fourth-order valence-electron chi connectivity index (χ4n) is 2.07. The number of hydrogen-bond donors (Lipinski definition) is 2. The van der Waals surface area contributed by atoms with Crippen molar-refractivity contribution in [2.75, 3.05) is 25.0 Å². The van der Waals surface area contributed by atoms with Crippen molar-refractivity contribution in [2.24, 2.45) is 5.41 Å². The van der Waals surface area contributed by atoms with Crippen LogP contribution in [0.3, 0.4) is 0 Å². The molecule has 1 aromatic heterocycles.